The van der Waals surface area contributed by atoms with Crippen LogP contribution in [0.25, 0.3) is 0 Å². The monoisotopic (exact) mass is 441 g/mol. The maximum atomic E-state index is 12.5. The van der Waals surface area contributed by atoms with E-state index in [1.54, 1.807) is 36.4 Å². The van der Waals surface area contributed by atoms with Crippen LogP contribution in [0.1, 0.15) is 45.2 Å². The molecular formula is C22H23N3O5S. The number of hydrogen-bond donors (Lipinski definition) is 1. The Labute approximate surface area is 180 Å². The van der Waals surface area contributed by atoms with Gasteiger partial charge in [0.1, 0.15) is 6.54 Å². The molecule has 2 heterocycles. The first kappa shape index (κ1) is 21.2. The third-order valence-corrected chi connectivity index (χ3v) is 7.53. The molecule has 0 saturated heterocycles. The van der Waals surface area contributed by atoms with Crippen LogP contribution in [-0.2, 0) is 27.8 Å². The summed E-state index contributed by atoms with van der Waals surface area (Å²) in [5.41, 5.74) is 2.96. The van der Waals surface area contributed by atoms with Gasteiger partial charge in [-0.15, -0.1) is 0 Å². The molecule has 0 unspecified atom stereocenters. The first-order chi connectivity index (χ1) is 14.8. The van der Waals surface area contributed by atoms with Crippen LogP contribution in [-0.4, -0.2) is 54.2 Å². The number of imide groups is 1. The van der Waals surface area contributed by atoms with Crippen LogP contribution < -0.4 is 5.32 Å². The Morgan fingerprint density at radius 1 is 1.03 bits per heavy atom. The van der Waals surface area contributed by atoms with E-state index in [9.17, 15) is 22.8 Å². The van der Waals surface area contributed by atoms with E-state index in [2.05, 4.69) is 5.32 Å². The van der Waals surface area contributed by atoms with E-state index < -0.39 is 27.7 Å². The first-order valence-corrected chi connectivity index (χ1v) is 11.8. The van der Waals surface area contributed by atoms with Crippen LogP contribution in [0.4, 0.5) is 5.69 Å². The van der Waals surface area contributed by atoms with Gasteiger partial charge < -0.3 is 5.32 Å². The molecule has 2 aromatic carbocycles. The Morgan fingerprint density at radius 2 is 1.71 bits per heavy atom. The van der Waals surface area contributed by atoms with Crippen LogP contribution in [0.3, 0.4) is 0 Å². The summed E-state index contributed by atoms with van der Waals surface area (Å²) in [6, 6.07) is 11.8. The van der Waals surface area contributed by atoms with E-state index >= 15 is 0 Å². The van der Waals surface area contributed by atoms with Gasteiger partial charge in [-0.05, 0) is 48.2 Å². The molecule has 2 aliphatic rings. The number of rotatable bonds is 6. The molecule has 0 radical (unpaired) electrons. The summed E-state index contributed by atoms with van der Waals surface area (Å²) >= 11 is 0. The van der Waals surface area contributed by atoms with E-state index in [4.69, 9.17) is 0 Å². The molecule has 2 aliphatic heterocycles. The predicted molar refractivity (Wildman–Crippen MR) is 115 cm³/mol. The zero-order valence-corrected chi connectivity index (χ0v) is 17.9. The van der Waals surface area contributed by atoms with Gasteiger partial charge in [-0.1, -0.05) is 25.1 Å². The van der Waals surface area contributed by atoms with Gasteiger partial charge in [-0.2, -0.15) is 4.31 Å². The molecule has 1 N–H and O–H groups in total. The van der Waals surface area contributed by atoms with Gasteiger partial charge in [-0.25, -0.2) is 8.42 Å². The lowest BCUT2D eigenvalue weighted by atomic mass is 10.0. The Hall–Kier alpha value is -3.04. The highest BCUT2D eigenvalue weighted by Crippen LogP contribution is 2.25. The topological polar surface area (TPSA) is 104 Å². The minimum absolute atomic E-state index is 0.110. The summed E-state index contributed by atoms with van der Waals surface area (Å²) in [5, 5.41) is 2.71. The van der Waals surface area contributed by atoms with Crippen molar-refractivity contribution in [1.82, 2.24) is 9.21 Å². The molecule has 0 bridgehead atoms. The summed E-state index contributed by atoms with van der Waals surface area (Å²) in [6.45, 7) is 2.15. The largest absolute Gasteiger partial charge is 0.325 e. The molecule has 0 saturated carbocycles. The fourth-order valence-electron chi connectivity index (χ4n) is 3.96. The SMILES string of the molecule is CCCS(=O)(=O)N1CCc2ccc(NC(=O)CN3C(=O)c4ccccc4C3=O)cc2C1. The van der Waals surface area contributed by atoms with Crippen LogP contribution >= 0.6 is 0 Å². The minimum Gasteiger partial charge on any atom is -0.325 e. The summed E-state index contributed by atoms with van der Waals surface area (Å²) in [7, 11) is -3.30. The lowest BCUT2D eigenvalue weighted by molar-refractivity contribution is -0.116. The Morgan fingerprint density at radius 3 is 2.35 bits per heavy atom. The number of anilines is 1. The molecular weight excluding hydrogens is 418 g/mol. The fraction of sp³-hybridized carbons (Fsp3) is 0.318. The van der Waals surface area contributed by atoms with Crippen molar-refractivity contribution in [3.8, 4) is 0 Å². The second-order valence-corrected chi connectivity index (χ2v) is 9.76. The predicted octanol–water partition coefficient (Wildman–Crippen LogP) is 2.02. The molecule has 0 aromatic heterocycles. The van der Waals surface area contributed by atoms with Crippen LogP contribution in [0, 0.1) is 0 Å². The summed E-state index contributed by atoms with van der Waals surface area (Å²) in [5.74, 6) is -1.37. The van der Waals surface area contributed by atoms with Crippen molar-refractivity contribution in [2.24, 2.45) is 0 Å². The number of benzene rings is 2. The van der Waals surface area contributed by atoms with E-state index in [1.807, 2.05) is 13.0 Å². The third-order valence-electron chi connectivity index (χ3n) is 5.50. The van der Waals surface area contributed by atoms with Crippen molar-refractivity contribution in [2.45, 2.75) is 26.3 Å². The maximum Gasteiger partial charge on any atom is 0.262 e. The lowest BCUT2D eigenvalue weighted by Crippen LogP contribution is -2.38. The van der Waals surface area contributed by atoms with E-state index in [0.29, 0.717) is 36.2 Å². The van der Waals surface area contributed by atoms with Crippen LogP contribution in [0.5, 0.6) is 0 Å². The van der Waals surface area contributed by atoms with Crippen LogP contribution in [0.15, 0.2) is 42.5 Å². The quantitative estimate of drug-likeness (QED) is 0.691. The molecule has 31 heavy (non-hydrogen) atoms. The highest BCUT2D eigenvalue weighted by Gasteiger charge is 2.36. The van der Waals surface area contributed by atoms with Crippen molar-refractivity contribution in [3.05, 3.63) is 64.7 Å². The molecule has 9 heteroatoms. The number of nitrogens with zero attached hydrogens (tertiary/aromatic N) is 2. The standard InChI is InChI=1S/C22H23N3O5S/c1-2-11-31(29,30)24-10-9-15-7-8-17(12-16(15)13-24)23-20(26)14-25-21(27)18-5-3-4-6-19(18)22(25)28/h3-8,12H,2,9-11,13-14H2,1H3,(H,23,26). The molecule has 0 fully saturated rings. The molecule has 0 atom stereocenters. The van der Waals surface area contributed by atoms with Crippen molar-refractivity contribution in [2.75, 3.05) is 24.2 Å². The van der Waals surface area contributed by atoms with E-state index in [0.717, 1.165) is 16.0 Å². The molecule has 8 nitrogen and oxygen atoms in total. The third kappa shape index (κ3) is 4.11. The highest BCUT2D eigenvalue weighted by molar-refractivity contribution is 7.89. The maximum absolute atomic E-state index is 12.5. The smallest absolute Gasteiger partial charge is 0.262 e. The van der Waals surface area contributed by atoms with Gasteiger partial charge in [0.25, 0.3) is 11.8 Å². The highest BCUT2D eigenvalue weighted by atomic mass is 32.2. The van der Waals surface area contributed by atoms with Crippen LogP contribution in [0.2, 0.25) is 0 Å². The Kier molecular flexibility index (Phi) is 5.63. The number of sulfonamides is 1. The lowest BCUT2D eigenvalue weighted by Gasteiger charge is -2.28. The summed E-state index contributed by atoms with van der Waals surface area (Å²) < 4.78 is 26.3. The zero-order valence-electron chi connectivity index (χ0n) is 17.1. The fourth-order valence-corrected chi connectivity index (χ4v) is 5.44. The van der Waals surface area contributed by atoms with Gasteiger partial charge in [0.15, 0.2) is 0 Å². The number of fused-ring (bicyclic) bond motifs is 2. The number of carbonyl (C=O) groups is 3. The number of hydrogen-bond acceptors (Lipinski definition) is 5. The average molecular weight is 442 g/mol. The molecule has 3 amide bonds. The summed E-state index contributed by atoms with van der Waals surface area (Å²) in [6.07, 6.45) is 1.17. The van der Waals surface area contributed by atoms with E-state index in [1.165, 1.54) is 4.31 Å². The molecule has 4 rings (SSSR count). The van der Waals surface area contributed by atoms with Gasteiger partial charge in [-0.3, -0.25) is 19.3 Å². The van der Waals surface area contributed by atoms with Crippen molar-refractivity contribution < 1.29 is 22.8 Å². The van der Waals surface area contributed by atoms with Gasteiger partial charge in [0.2, 0.25) is 15.9 Å². The minimum atomic E-state index is -3.30. The number of carbonyl (C=O) groups excluding carboxylic acids is 3. The van der Waals surface area contributed by atoms with Crippen molar-refractivity contribution in [3.63, 3.8) is 0 Å². The first-order valence-electron chi connectivity index (χ1n) is 10.1. The number of nitrogens with one attached hydrogen (secondary N) is 1. The second-order valence-electron chi connectivity index (χ2n) is 7.67. The molecule has 0 aliphatic carbocycles. The Bertz CT molecular complexity index is 1140. The van der Waals surface area contributed by atoms with Crippen molar-refractivity contribution in [1.29, 1.82) is 0 Å². The molecule has 0 spiro atoms. The van der Waals surface area contributed by atoms with Gasteiger partial charge in [0, 0.05) is 18.8 Å². The summed E-state index contributed by atoms with van der Waals surface area (Å²) in [4.78, 5) is 38.3. The van der Waals surface area contributed by atoms with E-state index in [-0.39, 0.29) is 18.8 Å². The van der Waals surface area contributed by atoms with Gasteiger partial charge in [0.05, 0.1) is 16.9 Å². The zero-order chi connectivity index (χ0) is 22.2. The van der Waals surface area contributed by atoms with Gasteiger partial charge >= 0.3 is 0 Å². The molecule has 162 valence electrons. The molecule has 2 aromatic rings. The number of amides is 3. The average Bonchev–Trinajstić information content (AvgIpc) is 2.98. The Balaban J connectivity index is 1.45. The van der Waals surface area contributed by atoms with Crippen molar-refractivity contribution >= 4 is 33.4 Å². The normalized spacial score (nSPS) is 16.2. The second kappa shape index (κ2) is 8.24.